The fourth-order valence-corrected chi connectivity index (χ4v) is 2.48. The van der Waals surface area contributed by atoms with Crippen LogP contribution in [0.3, 0.4) is 0 Å². The summed E-state index contributed by atoms with van der Waals surface area (Å²) in [5.74, 6) is 0.500. The molecule has 3 rings (SSSR count). The Hall–Kier alpha value is -3.19. The number of benzene rings is 2. The van der Waals surface area contributed by atoms with E-state index < -0.39 is 11.7 Å². The Balaban J connectivity index is 1.71. The van der Waals surface area contributed by atoms with Gasteiger partial charge < -0.3 is 15.4 Å². The van der Waals surface area contributed by atoms with Gasteiger partial charge in [-0.15, -0.1) is 10.2 Å². The van der Waals surface area contributed by atoms with Gasteiger partial charge in [0.2, 0.25) is 0 Å². The van der Waals surface area contributed by atoms with Gasteiger partial charge in [0.05, 0.1) is 12.8 Å². The lowest BCUT2D eigenvalue weighted by Crippen LogP contribution is -2.13. The van der Waals surface area contributed by atoms with Gasteiger partial charge >= 0.3 is 0 Å². The molecule has 2 aromatic carbocycles. The van der Waals surface area contributed by atoms with E-state index in [1.165, 1.54) is 24.3 Å². The Morgan fingerprint density at radius 1 is 1.07 bits per heavy atom. The minimum atomic E-state index is -0.408. The number of halogens is 2. The van der Waals surface area contributed by atoms with Gasteiger partial charge in [-0.2, -0.15) is 0 Å². The van der Waals surface area contributed by atoms with Crippen molar-refractivity contribution in [2.45, 2.75) is 6.92 Å². The van der Waals surface area contributed by atoms with E-state index in [1.54, 1.807) is 25.3 Å². The van der Waals surface area contributed by atoms with E-state index in [4.69, 9.17) is 16.3 Å². The maximum absolute atomic E-state index is 12.9. The number of rotatable bonds is 5. The Morgan fingerprint density at radius 2 is 1.74 bits per heavy atom. The number of aryl methyl sites for hydroxylation is 1. The van der Waals surface area contributed by atoms with Crippen LogP contribution in [0, 0.1) is 12.7 Å². The minimum Gasteiger partial charge on any atom is -0.495 e. The van der Waals surface area contributed by atoms with Crippen LogP contribution in [0.4, 0.5) is 21.7 Å². The van der Waals surface area contributed by atoms with Gasteiger partial charge in [-0.25, -0.2) is 4.39 Å². The molecule has 0 fully saturated rings. The number of methoxy groups -OCH3 is 1. The molecule has 0 radical (unpaired) electrons. The van der Waals surface area contributed by atoms with Crippen molar-refractivity contribution in [1.82, 2.24) is 10.2 Å². The zero-order chi connectivity index (χ0) is 19.4. The second-order valence-corrected chi connectivity index (χ2v) is 6.10. The predicted octanol–water partition coefficient (Wildman–Crippen LogP) is 4.58. The highest BCUT2D eigenvalue weighted by Crippen LogP contribution is 2.32. The van der Waals surface area contributed by atoms with Crippen molar-refractivity contribution in [2.24, 2.45) is 0 Å². The molecule has 6 nitrogen and oxygen atoms in total. The number of aromatic nitrogens is 2. The van der Waals surface area contributed by atoms with Gasteiger partial charge in [0, 0.05) is 16.7 Å². The molecule has 2 N–H and O–H groups in total. The zero-order valence-corrected chi connectivity index (χ0v) is 15.3. The molecule has 0 bridgehead atoms. The van der Waals surface area contributed by atoms with Crippen LogP contribution in [0.15, 0.2) is 48.5 Å². The monoisotopic (exact) mass is 386 g/mol. The van der Waals surface area contributed by atoms with Crippen LogP contribution in [-0.2, 0) is 0 Å². The summed E-state index contributed by atoms with van der Waals surface area (Å²) < 4.78 is 18.2. The van der Waals surface area contributed by atoms with Crippen molar-refractivity contribution in [3.63, 3.8) is 0 Å². The molecule has 0 saturated carbocycles. The number of hydrogen-bond donors (Lipinski definition) is 2. The fraction of sp³-hybridized carbons (Fsp3) is 0.105. The number of anilines is 3. The molecule has 27 heavy (non-hydrogen) atoms. The van der Waals surface area contributed by atoms with Gasteiger partial charge in [-0.05, 0) is 55.0 Å². The van der Waals surface area contributed by atoms with Crippen LogP contribution in [0.2, 0.25) is 5.02 Å². The van der Waals surface area contributed by atoms with E-state index in [0.717, 1.165) is 5.56 Å². The van der Waals surface area contributed by atoms with Crippen LogP contribution in [0.5, 0.6) is 5.75 Å². The Bertz CT molecular complexity index is 963. The Morgan fingerprint density at radius 3 is 2.37 bits per heavy atom. The van der Waals surface area contributed by atoms with Gasteiger partial charge in [0.25, 0.3) is 5.91 Å². The van der Waals surface area contributed by atoms with Crippen LogP contribution in [0.25, 0.3) is 0 Å². The average Bonchev–Trinajstić information content (AvgIpc) is 2.66. The average molecular weight is 387 g/mol. The second-order valence-electron chi connectivity index (χ2n) is 5.69. The number of amides is 1. The third-order valence-corrected chi connectivity index (χ3v) is 4.16. The van der Waals surface area contributed by atoms with Gasteiger partial charge in [-0.1, -0.05) is 11.6 Å². The number of nitrogens with zero attached hydrogens (tertiary/aromatic N) is 2. The number of carbonyl (C=O) groups excluding carboxylic acids is 1. The standard InChI is InChI=1S/C19H16ClFN4O2/c1-11-9-15(16(27-2)10-14(11)20)22-17-7-8-18(25-24-17)23-19(26)12-3-5-13(21)6-4-12/h3-10H,1-2H3,(H,22,24)(H,23,25,26). The van der Waals surface area contributed by atoms with E-state index in [1.807, 2.05) is 13.0 Å². The highest BCUT2D eigenvalue weighted by atomic mass is 35.5. The van der Waals surface area contributed by atoms with Crippen molar-refractivity contribution in [1.29, 1.82) is 0 Å². The third kappa shape index (κ3) is 4.51. The van der Waals surface area contributed by atoms with Crippen molar-refractivity contribution in [3.8, 4) is 5.75 Å². The van der Waals surface area contributed by atoms with E-state index in [2.05, 4.69) is 20.8 Å². The summed E-state index contributed by atoms with van der Waals surface area (Å²) in [6, 6.07) is 12.0. The topological polar surface area (TPSA) is 76.1 Å². The molecule has 0 aliphatic rings. The lowest BCUT2D eigenvalue weighted by molar-refractivity contribution is 0.102. The second kappa shape index (κ2) is 8.01. The maximum Gasteiger partial charge on any atom is 0.256 e. The highest BCUT2D eigenvalue weighted by molar-refractivity contribution is 6.31. The summed E-state index contributed by atoms with van der Waals surface area (Å²) in [5.41, 5.74) is 1.90. The molecule has 138 valence electrons. The van der Waals surface area contributed by atoms with Gasteiger partial charge in [0.15, 0.2) is 11.6 Å². The molecule has 0 unspecified atom stereocenters. The third-order valence-electron chi connectivity index (χ3n) is 3.76. The fourth-order valence-electron chi connectivity index (χ4n) is 2.32. The van der Waals surface area contributed by atoms with E-state index >= 15 is 0 Å². The minimum absolute atomic E-state index is 0.272. The molecule has 1 heterocycles. The number of hydrogen-bond acceptors (Lipinski definition) is 5. The Kier molecular flexibility index (Phi) is 5.52. The van der Waals surface area contributed by atoms with Crippen LogP contribution in [-0.4, -0.2) is 23.2 Å². The van der Waals surface area contributed by atoms with E-state index in [-0.39, 0.29) is 5.82 Å². The Labute approximate surface area is 160 Å². The van der Waals surface area contributed by atoms with Gasteiger partial charge in [-0.3, -0.25) is 4.79 Å². The molecule has 3 aromatic rings. The van der Waals surface area contributed by atoms with Crippen molar-refractivity contribution in [3.05, 3.63) is 70.5 Å². The summed E-state index contributed by atoms with van der Waals surface area (Å²) >= 11 is 6.10. The van der Waals surface area contributed by atoms with E-state index in [9.17, 15) is 9.18 Å². The number of nitrogens with one attached hydrogen (secondary N) is 2. The SMILES string of the molecule is COc1cc(Cl)c(C)cc1Nc1ccc(NC(=O)c2ccc(F)cc2)nn1. The number of carbonyl (C=O) groups is 1. The molecule has 0 atom stereocenters. The summed E-state index contributed by atoms with van der Waals surface area (Å²) in [5, 5.41) is 14.3. The normalized spacial score (nSPS) is 10.4. The summed E-state index contributed by atoms with van der Waals surface area (Å²) in [6.07, 6.45) is 0. The summed E-state index contributed by atoms with van der Waals surface area (Å²) in [6.45, 7) is 1.88. The van der Waals surface area contributed by atoms with Crippen molar-refractivity contribution >= 4 is 34.8 Å². The predicted molar refractivity (Wildman–Crippen MR) is 102 cm³/mol. The lowest BCUT2D eigenvalue weighted by atomic mass is 10.2. The first kappa shape index (κ1) is 18.6. The van der Waals surface area contributed by atoms with Crippen LogP contribution < -0.4 is 15.4 Å². The van der Waals surface area contributed by atoms with Crippen molar-refractivity contribution < 1.29 is 13.9 Å². The van der Waals surface area contributed by atoms with Crippen LogP contribution in [0.1, 0.15) is 15.9 Å². The molecule has 1 amide bonds. The lowest BCUT2D eigenvalue weighted by Gasteiger charge is -2.12. The maximum atomic E-state index is 12.9. The molecule has 0 saturated heterocycles. The summed E-state index contributed by atoms with van der Waals surface area (Å²) in [4.78, 5) is 12.1. The first-order valence-electron chi connectivity index (χ1n) is 7.98. The molecular formula is C19H16ClFN4O2. The smallest absolute Gasteiger partial charge is 0.256 e. The van der Waals surface area contributed by atoms with Crippen LogP contribution >= 0.6 is 11.6 Å². The largest absolute Gasteiger partial charge is 0.495 e. The van der Waals surface area contributed by atoms with Gasteiger partial charge in [0.1, 0.15) is 11.6 Å². The molecule has 1 aromatic heterocycles. The van der Waals surface area contributed by atoms with Crippen molar-refractivity contribution in [2.75, 3.05) is 17.7 Å². The van der Waals surface area contributed by atoms with E-state index in [0.29, 0.717) is 27.8 Å². The molecule has 0 spiro atoms. The quantitative estimate of drug-likeness (QED) is 0.671. The molecule has 0 aliphatic heterocycles. The molecule has 8 heteroatoms. The first-order chi connectivity index (χ1) is 13.0. The molecular weight excluding hydrogens is 371 g/mol. The molecule has 0 aliphatic carbocycles. The summed E-state index contributed by atoms with van der Waals surface area (Å²) in [7, 11) is 1.55. The zero-order valence-electron chi connectivity index (χ0n) is 14.6. The highest BCUT2D eigenvalue weighted by Gasteiger charge is 2.10. The first-order valence-corrected chi connectivity index (χ1v) is 8.36. The number of ether oxygens (including phenoxy) is 1.